The highest BCUT2D eigenvalue weighted by Gasteiger charge is 2.23. The highest BCUT2D eigenvalue weighted by molar-refractivity contribution is 6.07. The maximum Gasteiger partial charge on any atom is 0.256 e. The third kappa shape index (κ3) is 4.47. The fourth-order valence-electron chi connectivity index (χ4n) is 3.09. The third-order valence-electron chi connectivity index (χ3n) is 4.71. The molecule has 2 heterocycles. The summed E-state index contributed by atoms with van der Waals surface area (Å²) in [6, 6.07) is 11.0. The second-order valence-electron chi connectivity index (χ2n) is 8.23. The number of fused-ring (bicyclic) bond motifs is 1. The van der Waals surface area contributed by atoms with Gasteiger partial charge in [0.1, 0.15) is 11.5 Å². The van der Waals surface area contributed by atoms with Gasteiger partial charge in [0.05, 0.1) is 5.56 Å². The summed E-state index contributed by atoms with van der Waals surface area (Å²) in [5, 5.41) is 6.55. The summed E-state index contributed by atoms with van der Waals surface area (Å²) < 4.78 is 1.98. The fourth-order valence-corrected chi connectivity index (χ4v) is 3.09. The van der Waals surface area contributed by atoms with Crippen molar-refractivity contribution in [3.63, 3.8) is 0 Å². The van der Waals surface area contributed by atoms with Crippen LogP contribution in [0.5, 0.6) is 0 Å². The van der Waals surface area contributed by atoms with E-state index < -0.39 is 0 Å². The number of carbonyl (C=O) groups excluding carboxylic acids is 2. The zero-order chi connectivity index (χ0) is 21.2. The highest BCUT2D eigenvalue weighted by atomic mass is 16.2. The fraction of sp³-hybridized carbons (Fsp3) is 0.348. The van der Waals surface area contributed by atoms with Gasteiger partial charge in [-0.15, -0.1) is 0 Å². The van der Waals surface area contributed by atoms with Gasteiger partial charge in [0.15, 0.2) is 0 Å². The number of pyridine rings is 1. The van der Waals surface area contributed by atoms with E-state index in [4.69, 9.17) is 0 Å². The van der Waals surface area contributed by atoms with Crippen LogP contribution in [0.3, 0.4) is 0 Å². The second kappa shape index (κ2) is 8.07. The molecule has 1 aromatic carbocycles. The molecule has 0 saturated heterocycles. The molecule has 0 bridgehead atoms. The van der Waals surface area contributed by atoms with Crippen molar-refractivity contribution in [3.05, 3.63) is 59.3 Å². The van der Waals surface area contributed by atoms with E-state index in [1.165, 1.54) is 0 Å². The summed E-state index contributed by atoms with van der Waals surface area (Å²) in [6.45, 7) is 10.8. The number of aryl methyl sites for hydroxylation is 1. The first-order valence-corrected chi connectivity index (χ1v) is 9.89. The lowest BCUT2D eigenvalue weighted by Gasteiger charge is -2.22. The highest BCUT2D eigenvalue weighted by Crippen LogP contribution is 2.28. The normalized spacial score (nSPS) is 11.5. The number of hydrogen-bond donors (Lipinski definition) is 2. The Morgan fingerprint density at radius 1 is 1.03 bits per heavy atom. The van der Waals surface area contributed by atoms with Crippen molar-refractivity contribution in [2.75, 3.05) is 11.9 Å². The molecule has 2 amide bonds. The number of nitrogens with one attached hydrogen (secondary N) is 2. The van der Waals surface area contributed by atoms with Gasteiger partial charge >= 0.3 is 0 Å². The van der Waals surface area contributed by atoms with E-state index in [9.17, 15) is 9.59 Å². The molecule has 0 spiro atoms. The van der Waals surface area contributed by atoms with Crippen LogP contribution >= 0.6 is 0 Å². The van der Waals surface area contributed by atoms with Crippen LogP contribution in [0.25, 0.3) is 11.0 Å². The van der Waals surface area contributed by atoms with E-state index in [0.717, 1.165) is 17.4 Å². The lowest BCUT2D eigenvalue weighted by atomic mass is 10.1. The zero-order valence-electron chi connectivity index (χ0n) is 17.7. The summed E-state index contributed by atoms with van der Waals surface area (Å²) >= 11 is 0. The molecule has 0 aliphatic carbocycles. The molecule has 29 heavy (non-hydrogen) atoms. The molecule has 152 valence electrons. The molecule has 0 aliphatic rings. The zero-order valence-corrected chi connectivity index (χ0v) is 17.7. The lowest BCUT2D eigenvalue weighted by Crippen LogP contribution is -2.24. The lowest BCUT2D eigenvalue weighted by molar-refractivity contribution is 0.0954. The molecule has 6 heteroatoms. The number of hydrogen-bond acceptors (Lipinski definition) is 3. The summed E-state index contributed by atoms with van der Waals surface area (Å²) in [4.78, 5) is 29.8. The number of nitrogens with zero attached hydrogens (tertiary/aromatic N) is 2. The Bertz CT molecular complexity index is 1040. The first-order chi connectivity index (χ1) is 13.7. The molecule has 3 rings (SSSR count). The van der Waals surface area contributed by atoms with Crippen molar-refractivity contribution in [2.45, 2.75) is 46.6 Å². The SMILES string of the molecule is CCCNC(=O)c1cn(C(C)(C)C)c2nc(NC(=O)c3ccc(C)cc3)ccc12. The van der Waals surface area contributed by atoms with Crippen molar-refractivity contribution in [1.29, 1.82) is 0 Å². The van der Waals surface area contributed by atoms with E-state index in [-0.39, 0.29) is 17.4 Å². The minimum Gasteiger partial charge on any atom is -0.352 e. The van der Waals surface area contributed by atoms with Gasteiger partial charge in [-0.05, 0) is 58.4 Å². The van der Waals surface area contributed by atoms with E-state index in [0.29, 0.717) is 29.1 Å². The second-order valence-corrected chi connectivity index (χ2v) is 8.23. The van der Waals surface area contributed by atoms with Crippen LogP contribution in [-0.4, -0.2) is 27.9 Å². The predicted molar refractivity (Wildman–Crippen MR) is 116 cm³/mol. The number of benzene rings is 1. The number of rotatable bonds is 5. The predicted octanol–water partition coefficient (Wildman–Crippen LogP) is 4.49. The van der Waals surface area contributed by atoms with Gasteiger partial charge < -0.3 is 15.2 Å². The molecule has 6 nitrogen and oxygen atoms in total. The topological polar surface area (TPSA) is 76.0 Å². The average molecular weight is 393 g/mol. The van der Waals surface area contributed by atoms with Crippen LogP contribution in [-0.2, 0) is 5.54 Å². The number of amides is 2. The Kier molecular flexibility index (Phi) is 5.73. The molecule has 0 saturated carbocycles. The minimum atomic E-state index is -0.270. The molecule has 0 atom stereocenters. The maximum atomic E-state index is 12.6. The van der Waals surface area contributed by atoms with E-state index in [1.807, 2.05) is 42.8 Å². The molecule has 0 radical (unpaired) electrons. The molecule has 0 fully saturated rings. The molecule has 2 N–H and O–H groups in total. The van der Waals surface area contributed by atoms with Crippen LogP contribution in [0, 0.1) is 6.92 Å². The molecule has 0 unspecified atom stereocenters. The Morgan fingerprint density at radius 3 is 2.34 bits per heavy atom. The Morgan fingerprint density at radius 2 is 1.72 bits per heavy atom. The molecular formula is C23H28N4O2. The number of anilines is 1. The van der Waals surface area contributed by atoms with Crippen LogP contribution < -0.4 is 10.6 Å². The van der Waals surface area contributed by atoms with E-state index in [2.05, 4.69) is 36.4 Å². The van der Waals surface area contributed by atoms with E-state index in [1.54, 1.807) is 18.2 Å². The number of aromatic nitrogens is 2. The monoisotopic (exact) mass is 392 g/mol. The average Bonchev–Trinajstić information content (AvgIpc) is 3.06. The third-order valence-corrected chi connectivity index (χ3v) is 4.71. The smallest absolute Gasteiger partial charge is 0.256 e. The van der Waals surface area contributed by atoms with Crippen molar-refractivity contribution < 1.29 is 9.59 Å². The van der Waals surface area contributed by atoms with Gasteiger partial charge in [-0.2, -0.15) is 0 Å². The van der Waals surface area contributed by atoms with E-state index >= 15 is 0 Å². The summed E-state index contributed by atoms with van der Waals surface area (Å²) in [6.07, 6.45) is 2.71. The van der Waals surface area contributed by atoms with Gasteiger partial charge in [0, 0.05) is 29.2 Å². The van der Waals surface area contributed by atoms with Crippen LogP contribution in [0.4, 0.5) is 5.82 Å². The van der Waals surface area contributed by atoms with Gasteiger partial charge in [-0.3, -0.25) is 9.59 Å². The summed E-state index contributed by atoms with van der Waals surface area (Å²) in [5.74, 6) is 0.122. The maximum absolute atomic E-state index is 12.6. The largest absolute Gasteiger partial charge is 0.352 e. The standard InChI is InChI=1S/C23H28N4O2/c1-6-13-24-22(29)18-14-27(23(3,4)5)20-17(18)11-12-19(25-20)26-21(28)16-9-7-15(2)8-10-16/h7-12,14H,6,13H2,1-5H3,(H,24,29)(H,25,26,28). The quantitative estimate of drug-likeness (QED) is 0.672. The first-order valence-electron chi connectivity index (χ1n) is 9.89. The molecule has 0 aliphatic heterocycles. The van der Waals surface area contributed by atoms with Crippen LogP contribution in [0.1, 0.15) is 60.4 Å². The summed E-state index contributed by atoms with van der Waals surface area (Å²) in [7, 11) is 0. The van der Waals surface area contributed by atoms with Gasteiger partial charge in [0.2, 0.25) is 0 Å². The Balaban J connectivity index is 1.98. The van der Waals surface area contributed by atoms with Crippen LogP contribution in [0.15, 0.2) is 42.6 Å². The van der Waals surface area contributed by atoms with Gasteiger partial charge in [-0.1, -0.05) is 24.6 Å². The number of carbonyl (C=O) groups is 2. The van der Waals surface area contributed by atoms with Gasteiger partial charge in [0.25, 0.3) is 11.8 Å². The van der Waals surface area contributed by atoms with Gasteiger partial charge in [-0.25, -0.2) is 4.98 Å². The first kappa shape index (κ1) is 20.6. The van der Waals surface area contributed by atoms with Crippen molar-refractivity contribution >= 4 is 28.7 Å². The Hall–Kier alpha value is -3.15. The van der Waals surface area contributed by atoms with Crippen molar-refractivity contribution in [2.24, 2.45) is 0 Å². The molecule has 3 aromatic rings. The van der Waals surface area contributed by atoms with Crippen molar-refractivity contribution in [3.8, 4) is 0 Å². The minimum absolute atomic E-state index is 0.113. The van der Waals surface area contributed by atoms with Crippen LogP contribution in [0.2, 0.25) is 0 Å². The van der Waals surface area contributed by atoms with Crippen molar-refractivity contribution in [1.82, 2.24) is 14.9 Å². The molecule has 2 aromatic heterocycles. The Labute approximate surface area is 171 Å². The molecular weight excluding hydrogens is 364 g/mol. The summed E-state index contributed by atoms with van der Waals surface area (Å²) in [5.41, 5.74) is 2.66.